The zero-order chi connectivity index (χ0) is 10.1. The molecule has 0 fully saturated rings. The van der Waals surface area contributed by atoms with Crippen molar-refractivity contribution in [3.8, 4) is 0 Å². The third kappa shape index (κ3) is 9.03. The third-order valence-corrected chi connectivity index (χ3v) is 1.52. The fourth-order valence-corrected chi connectivity index (χ4v) is 0.823. The van der Waals surface area contributed by atoms with Gasteiger partial charge in [-0.25, -0.2) is 0 Å². The molecule has 0 unspecified atom stereocenters. The molecule has 0 aliphatic heterocycles. The Bertz CT molecular complexity index is 175. The van der Waals surface area contributed by atoms with Gasteiger partial charge in [0.2, 0.25) is 5.91 Å². The molecule has 76 valence electrons. The first-order valence-electron chi connectivity index (χ1n) is 3.95. The molecule has 0 aliphatic rings. The maximum Gasteiger partial charge on any atom is 0.236 e. The number of hydrogen-bond donors (Lipinski definition) is 3. The fourth-order valence-electron chi connectivity index (χ4n) is 0.648. The molecule has 1 amide bonds. The molecule has 0 aromatic heterocycles. The molecule has 0 aliphatic carbocycles. The van der Waals surface area contributed by atoms with Crippen LogP contribution in [0.4, 0.5) is 0 Å². The van der Waals surface area contributed by atoms with E-state index in [9.17, 15) is 4.79 Å². The predicted octanol–water partition coefficient (Wildman–Crippen LogP) is -1.03. The molecule has 0 aromatic carbocycles. The van der Waals surface area contributed by atoms with Crippen LogP contribution in [-0.2, 0) is 9.53 Å². The minimum absolute atomic E-state index is 0.0656. The number of hydrogen-bond acceptors (Lipinski definition) is 3. The lowest BCUT2D eigenvalue weighted by molar-refractivity contribution is -0.116. The van der Waals surface area contributed by atoms with Gasteiger partial charge in [-0.15, -0.1) is 0 Å². The molecule has 0 rings (SSSR count). The summed E-state index contributed by atoms with van der Waals surface area (Å²) in [7, 11) is 1.64. The monoisotopic (exact) mass is 205 g/mol. The van der Waals surface area contributed by atoms with Crippen LogP contribution in [0.25, 0.3) is 0 Å². The summed E-state index contributed by atoms with van der Waals surface area (Å²) in [5, 5.41) is 6.01. The molecule has 6 heteroatoms. The average molecular weight is 205 g/mol. The van der Waals surface area contributed by atoms with Crippen molar-refractivity contribution in [2.75, 3.05) is 26.8 Å². The second kappa shape index (κ2) is 7.75. The molecular weight excluding hydrogens is 190 g/mol. The number of carbonyl (C=O) groups excluding carboxylic acids is 1. The second-order valence-electron chi connectivity index (χ2n) is 2.42. The number of carbonyl (C=O) groups is 1. The number of nitrogens with two attached hydrogens (primary N) is 1. The Kier molecular flexibility index (Phi) is 7.23. The van der Waals surface area contributed by atoms with Crippen LogP contribution in [0.5, 0.6) is 0 Å². The lowest BCUT2D eigenvalue weighted by atomic mass is 10.4. The zero-order valence-corrected chi connectivity index (χ0v) is 8.45. The van der Waals surface area contributed by atoms with Gasteiger partial charge in [0.05, 0.1) is 6.54 Å². The van der Waals surface area contributed by atoms with Crippen molar-refractivity contribution in [3.63, 3.8) is 0 Å². The molecule has 0 radical (unpaired) electrons. The summed E-state index contributed by atoms with van der Waals surface area (Å²) in [5.74, 6) is -0.430. The first kappa shape index (κ1) is 12.1. The molecule has 0 spiro atoms. The number of methoxy groups -OCH3 is 1. The van der Waals surface area contributed by atoms with E-state index in [1.54, 1.807) is 7.11 Å². The van der Waals surface area contributed by atoms with Gasteiger partial charge in [0.1, 0.15) is 0 Å². The number of rotatable bonds is 6. The van der Waals surface area contributed by atoms with Crippen LogP contribution in [0, 0.1) is 0 Å². The van der Waals surface area contributed by atoms with Gasteiger partial charge in [-0.1, -0.05) is 0 Å². The summed E-state index contributed by atoms with van der Waals surface area (Å²) in [6.07, 6.45) is 0.870. The highest BCUT2D eigenvalue weighted by atomic mass is 32.1. The van der Waals surface area contributed by atoms with Crippen molar-refractivity contribution in [2.24, 2.45) is 5.73 Å². The highest BCUT2D eigenvalue weighted by Crippen LogP contribution is 1.77. The Morgan fingerprint density at radius 2 is 2.23 bits per heavy atom. The van der Waals surface area contributed by atoms with E-state index in [1.165, 1.54) is 0 Å². The Morgan fingerprint density at radius 1 is 1.54 bits per heavy atom. The van der Waals surface area contributed by atoms with Crippen molar-refractivity contribution >= 4 is 23.2 Å². The minimum atomic E-state index is -0.430. The van der Waals surface area contributed by atoms with Gasteiger partial charge in [0, 0.05) is 20.3 Å². The largest absolute Gasteiger partial charge is 0.385 e. The van der Waals surface area contributed by atoms with E-state index < -0.39 is 5.91 Å². The predicted molar refractivity (Wildman–Crippen MR) is 54.3 cm³/mol. The number of amides is 1. The van der Waals surface area contributed by atoms with Crippen LogP contribution in [0.1, 0.15) is 6.42 Å². The van der Waals surface area contributed by atoms with E-state index in [0.29, 0.717) is 11.7 Å². The Balaban J connectivity index is 3.25. The van der Waals surface area contributed by atoms with E-state index in [-0.39, 0.29) is 6.54 Å². The first-order chi connectivity index (χ1) is 6.16. The van der Waals surface area contributed by atoms with E-state index in [2.05, 4.69) is 10.6 Å². The zero-order valence-electron chi connectivity index (χ0n) is 7.63. The van der Waals surface area contributed by atoms with Crippen LogP contribution in [0.2, 0.25) is 0 Å². The molecule has 4 N–H and O–H groups in total. The normalized spacial score (nSPS) is 9.31. The van der Waals surface area contributed by atoms with Gasteiger partial charge < -0.3 is 21.1 Å². The van der Waals surface area contributed by atoms with Gasteiger partial charge in [-0.05, 0) is 18.6 Å². The van der Waals surface area contributed by atoms with Crippen LogP contribution >= 0.6 is 12.2 Å². The smallest absolute Gasteiger partial charge is 0.236 e. The van der Waals surface area contributed by atoms with Crippen LogP contribution in [0.15, 0.2) is 0 Å². The fraction of sp³-hybridized carbons (Fsp3) is 0.714. The minimum Gasteiger partial charge on any atom is -0.385 e. The van der Waals surface area contributed by atoms with Gasteiger partial charge in [0.25, 0.3) is 0 Å². The number of ether oxygens (including phenoxy) is 1. The topological polar surface area (TPSA) is 76.4 Å². The number of thiocarbonyl (C=S) groups is 1. The molecule has 0 atom stereocenters. The molecule has 0 saturated heterocycles. The number of nitrogens with one attached hydrogen (secondary N) is 2. The highest BCUT2D eigenvalue weighted by Gasteiger charge is 1.96. The van der Waals surface area contributed by atoms with E-state index >= 15 is 0 Å². The summed E-state index contributed by atoms with van der Waals surface area (Å²) in [5.41, 5.74) is 4.91. The summed E-state index contributed by atoms with van der Waals surface area (Å²) >= 11 is 4.85. The maximum absolute atomic E-state index is 10.3. The van der Waals surface area contributed by atoms with Crippen molar-refractivity contribution in [2.45, 2.75) is 6.42 Å². The second-order valence-corrected chi connectivity index (χ2v) is 2.83. The highest BCUT2D eigenvalue weighted by molar-refractivity contribution is 7.80. The quantitative estimate of drug-likeness (QED) is 0.382. The van der Waals surface area contributed by atoms with Crippen LogP contribution < -0.4 is 16.4 Å². The Labute approximate surface area is 83.0 Å². The lowest BCUT2D eigenvalue weighted by Crippen LogP contribution is -2.40. The van der Waals surface area contributed by atoms with Gasteiger partial charge in [-0.2, -0.15) is 0 Å². The molecule has 5 nitrogen and oxygen atoms in total. The Hall–Kier alpha value is -0.880. The van der Waals surface area contributed by atoms with E-state index in [0.717, 1.165) is 13.0 Å². The van der Waals surface area contributed by atoms with Gasteiger partial charge >= 0.3 is 0 Å². The number of primary amides is 1. The van der Waals surface area contributed by atoms with E-state index in [1.807, 2.05) is 0 Å². The van der Waals surface area contributed by atoms with E-state index in [4.69, 9.17) is 22.7 Å². The molecule has 13 heavy (non-hydrogen) atoms. The summed E-state index contributed by atoms with van der Waals surface area (Å²) in [6, 6.07) is 0. The Morgan fingerprint density at radius 3 is 2.77 bits per heavy atom. The molecular formula is C7H15N3O2S. The average Bonchev–Trinajstić information content (AvgIpc) is 2.09. The first-order valence-corrected chi connectivity index (χ1v) is 4.36. The summed E-state index contributed by atoms with van der Waals surface area (Å²) < 4.78 is 4.84. The third-order valence-electron chi connectivity index (χ3n) is 1.23. The molecule has 0 aromatic rings. The molecule has 0 heterocycles. The van der Waals surface area contributed by atoms with Crippen LogP contribution in [-0.4, -0.2) is 37.8 Å². The van der Waals surface area contributed by atoms with Crippen molar-refractivity contribution in [1.29, 1.82) is 0 Å². The molecule has 0 bridgehead atoms. The standard InChI is InChI=1S/C7H15N3O2S/c1-12-4-2-3-9-7(13)10-5-6(8)11/h2-5H2,1H3,(H2,8,11)(H2,9,10,13). The molecule has 0 saturated carbocycles. The van der Waals surface area contributed by atoms with Crippen molar-refractivity contribution in [3.05, 3.63) is 0 Å². The van der Waals surface area contributed by atoms with Crippen molar-refractivity contribution < 1.29 is 9.53 Å². The summed E-state index contributed by atoms with van der Waals surface area (Å²) in [4.78, 5) is 10.3. The van der Waals surface area contributed by atoms with Gasteiger partial charge in [-0.3, -0.25) is 4.79 Å². The summed E-state index contributed by atoms with van der Waals surface area (Å²) in [6.45, 7) is 1.47. The van der Waals surface area contributed by atoms with Crippen molar-refractivity contribution in [1.82, 2.24) is 10.6 Å². The maximum atomic E-state index is 10.3. The lowest BCUT2D eigenvalue weighted by Gasteiger charge is -2.08. The SMILES string of the molecule is COCCCNC(=S)NCC(N)=O. The van der Waals surface area contributed by atoms with Crippen LogP contribution in [0.3, 0.4) is 0 Å². The van der Waals surface area contributed by atoms with Gasteiger partial charge in [0.15, 0.2) is 5.11 Å².